The summed E-state index contributed by atoms with van der Waals surface area (Å²) in [6, 6.07) is 5.33. The van der Waals surface area contributed by atoms with Crippen LogP contribution in [0.3, 0.4) is 0 Å². The molecule has 106 valence electrons. The van der Waals surface area contributed by atoms with E-state index in [2.05, 4.69) is 4.72 Å². The first kappa shape index (κ1) is 14.1. The third-order valence-electron chi connectivity index (χ3n) is 3.06. The molecule has 1 aromatic carbocycles. The number of aryl methyl sites for hydroxylation is 1. The minimum Gasteiger partial charge on any atom is -0.399 e. The Morgan fingerprint density at radius 3 is 3.00 bits per heavy atom. The van der Waals surface area contributed by atoms with E-state index in [1.165, 1.54) is 11.4 Å². The largest absolute Gasteiger partial charge is 0.399 e. The number of hydrogen-bond acceptors (Lipinski definition) is 4. The maximum atomic E-state index is 12.2. The Morgan fingerprint density at radius 2 is 2.26 bits per heavy atom. The van der Waals surface area contributed by atoms with Gasteiger partial charge < -0.3 is 10.5 Å². The van der Waals surface area contributed by atoms with Gasteiger partial charge >= 0.3 is 10.2 Å². The molecule has 0 amide bonds. The first-order valence-corrected chi connectivity index (χ1v) is 7.63. The summed E-state index contributed by atoms with van der Waals surface area (Å²) in [5.74, 6) is 0. The third kappa shape index (κ3) is 3.17. The highest BCUT2D eigenvalue weighted by atomic mass is 32.2. The number of rotatable bonds is 5. The number of nitrogens with zero attached hydrogens (tertiary/aromatic N) is 1. The summed E-state index contributed by atoms with van der Waals surface area (Å²) in [5, 5.41) is 0. The number of anilines is 2. The van der Waals surface area contributed by atoms with Crippen LogP contribution in [-0.2, 0) is 21.4 Å². The molecule has 1 aliphatic rings. The second-order valence-corrected chi connectivity index (χ2v) is 6.14. The van der Waals surface area contributed by atoms with Gasteiger partial charge in [0.25, 0.3) is 0 Å². The van der Waals surface area contributed by atoms with E-state index in [-0.39, 0.29) is 6.54 Å². The summed E-state index contributed by atoms with van der Waals surface area (Å²) in [6.45, 7) is 1.10. The van der Waals surface area contributed by atoms with E-state index in [4.69, 9.17) is 10.5 Å². The van der Waals surface area contributed by atoms with Crippen LogP contribution in [0.25, 0.3) is 0 Å². The third-order valence-corrected chi connectivity index (χ3v) is 4.59. The molecule has 1 aliphatic heterocycles. The highest BCUT2D eigenvalue weighted by Crippen LogP contribution is 2.30. The van der Waals surface area contributed by atoms with Gasteiger partial charge in [0.05, 0.1) is 12.3 Å². The van der Waals surface area contributed by atoms with Gasteiger partial charge in [-0.25, -0.2) is 0 Å². The average Bonchev–Trinajstić information content (AvgIpc) is 2.37. The molecule has 2 rings (SSSR count). The van der Waals surface area contributed by atoms with Gasteiger partial charge in [-0.3, -0.25) is 4.31 Å². The summed E-state index contributed by atoms with van der Waals surface area (Å²) in [5.41, 5.74) is 8.08. The van der Waals surface area contributed by atoms with Gasteiger partial charge in [-0.1, -0.05) is 0 Å². The van der Waals surface area contributed by atoms with E-state index in [0.29, 0.717) is 24.5 Å². The molecule has 7 heteroatoms. The van der Waals surface area contributed by atoms with Crippen LogP contribution in [0.1, 0.15) is 12.0 Å². The molecule has 0 saturated carbocycles. The molecule has 0 fully saturated rings. The summed E-state index contributed by atoms with van der Waals surface area (Å²) in [4.78, 5) is 0. The lowest BCUT2D eigenvalue weighted by atomic mass is 10.0. The molecule has 1 aromatic rings. The Balaban J connectivity index is 2.23. The van der Waals surface area contributed by atoms with Gasteiger partial charge in [0.2, 0.25) is 0 Å². The fraction of sp³-hybridized carbons (Fsp3) is 0.500. The van der Waals surface area contributed by atoms with Crippen LogP contribution >= 0.6 is 0 Å². The zero-order valence-electron chi connectivity index (χ0n) is 10.9. The molecule has 3 N–H and O–H groups in total. The van der Waals surface area contributed by atoms with Crippen molar-refractivity contribution in [1.82, 2.24) is 4.72 Å². The fourth-order valence-electron chi connectivity index (χ4n) is 2.18. The quantitative estimate of drug-likeness (QED) is 0.609. The van der Waals surface area contributed by atoms with Crippen molar-refractivity contribution in [3.63, 3.8) is 0 Å². The summed E-state index contributed by atoms with van der Waals surface area (Å²) in [7, 11) is -1.98. The standard InChI is InChI=1S/C12H19N3O3S/c1-18-8-6-14-19(16,17)15-7-2-3-10-9-11(13)4-5-12(10)15/h4-5,9,14H,2-3,6-8,13H2,1H3. The van der Waals surface area contributed by atoms with Crippen molar-refractivity contribution in [2.24, 2.45) is 0 Å². The van der Waals surface area contributed by atoms with E-state index >= 15 is 0 Å². The molecular weight excluding hydrogens is 266 g/mol. The number of nitrogens with one attached hydrogen (secondary N) is 1. The molecule has 0 bridgehead atoms. The van der Waals surface area contributed by atoms with E-state index in [9.17, 15) is 8.42 Å². The van der Waals surface area contributed by atoms with Crippen molar-refractivity contribution >= 4 is 21.6 Å². The Kier molecular flexibility index (Phi) is 4.28. The normalized spacial score (nSPS) is 15.3. The Morgan fingerprint density at radius 1 is 1.47 bits per heavy atom. The average molecular weight is 285 g/mol. The highest BCUT2D eigenvalue weighted by Gasteiger charge is 2.26. The van der Waals surface area contributed by atoms with Crippen LogP contribution in [0.2, 0.25) is 0 Å². The zero-order valence-corrected chi connectivity index (χ0v) is 11.7. The van der Waals surface area contributed by atoms with E-state index in [0.717, 1.165) is 18.4 Å². The Hall–Kier alpha value is -1.31. The second-order valence-electron chi connectivity index (χ2n) is 4.46. The second kappa shape index (κ2) is 5.77. The predicted octanol–water partition coefficient (Wildman–Crippen LogP) is 0.502. The van der Waals surface area contributed by atoms with E-state index < -0.39 is 10.2 Å². The number of nitrogens with two attached hydrogens (primary N) is 1. The number of ether oxygens (including phenoxy) is 1. The highest BCUT2D eigenvalue weighted by molar-refractivity contribution is 7.90. The number of nitrogen functional groups attached to an aromatic ring is 1. The van der Waals surface area contributed by atoms with Crippen molar-refractivity contribution in [2.75, 3.05) is 36.8 Å². The van der Waals surface area contributed by atoms with Gasteiger partial charge in [-0.05, 0) is 36.6 Å². The molecule has 0 unspecified atom stereocenters. The molecule has 0 atom stereocenters. The van der Waals surface area contributed by atoms with Crippen LogP contribution < -0.4 is 14.8 Å². The van der Waals surface area contributed by atoms with Crippen LogP contribution in [0.15, 0.2) is 18.2 Å². The molecule has 0 spiro atoms. The van der Waals surface area contributed by atoms with Crippen molar-refractivity contribution in [3.05, 3.63) is 23.8 Å². The number of methoxy groups -OCH3 is 1. The minimum absolute atomic E-state index is 0.264. The molecule has 0 saturated heterocycles. The topological polar surface area (TPSA) is 84.7 Å². The van der Waals surface area contributed by atoms with Gasteiger partial charge in [0.1, 0.15) is 0 Å². The Bertz CT molecular complexity index is 545. The fourth-order valence-corrected chi connectivity index (χ4v) is 3.49. The van der Waals surface area contributed by atoms with Gasteiger partial charge in [0.15, 0.2) is 0 Å². The van der Waals surface area contributed by atoms with Crippen LogP contribution in [0.5, 0.6) is 0 Å². The number of benzene rings is 1. The lowest BCUT2D eigenvalue weighted by Crippen LogP contribution is -2.44. The predicted molar refractivity (Wildman–Crippen MR) is 75.3 cm³/mol. The van der Waals surface area contributed by atoms with Gasteiger partial charge in [-0.2, -0.15) is 13.1 Å². The van der Waals surface area contributed by atoms with Gasteiger partial charge in [0, 0.05) is 25.9 Å². The SMILES string of the molecule is COCCNS(=O)(=O)N1CCCc2cc(N)ccc21. The van der Waals surface area contributed by atoms with Crippen LogP contribution in [0, 0.1) is 0 Å². The lowest BCUT2D eigenvalue weighted by Gasteiger charge is -2.30. The molecule has 6 nitrogen and oxygen atoms in total. The first-order chi connectivity index (χ1) is 9.04. The van der Waals surface area contributed by atoms with Gasteiger partial charge in [-0.15, -0.1) is 0 Å². The zero-order chi connectivity index (χ0) is 13.9. The maximum Gasteiger partial charge on any atom is 0.301 e. The van der Waals surface area contributed by atoms with Crippen molar-refractivity contribution in [1.29, 1.82) is 0 Å². The molecule has 0 aliphatic carbocycles. The first-order valence-electron chi connectivity index (χ1n) is 6.19. The van der Waals surface area contributed by atoms with E-state index in [1.54, 1.807) is 12.1 Å². The molecule has 19 heavy (non-hydrogen) atoms. The van der Waals surface area contributed by atoms with E-state index in [1.807, 2.05) is 6.07 Å². The monoisotopic (exact) mass is 285 g/mol. The lowest BCUT2D eigenvalue weighted by molar-refractivity contribution is 0.204. The van der Waals surface area contributed by atoms with Crippen LogP contribution in [0.4, 0.5) is 11.4 Å². The van der Waals surface area contributed by atoms with Crippen molar-refractivity contribution in [2.45, 2.75) is 12.8 Å². The molecular formula is C12H19N3O3S. The minimum atomic E-state index is -3.52. The maximum absolute atomic E-state index is 12.2. The molecule has 0 radical (unpaired) electrons. The van der Waals surface area contributed by atoms with Crippen molar-refractivity contribution in [3.8, 4) is 0 Å². The molecule has 0 aromatic heterocycles. The smallest absolute Gasteiger partial charge is 0.301 e. The van der Waals surface area contributed by atoms with Crippen molar-refractivity contribution < 1.29 is 13.2 Å². The number of fused-ring (bicyclic) bond motifs is 1. The molecule has 1 heterocycles. The van der Waals surface area contributed by atoms with Crippen LogP contribution in [-0.4, -0.2) is 35.2 Å². The summed E-state index contributed by atoms with van der Waals surface area (Å²) < 4.78 is 33.3. The Labute approximate surface area is 113 Å². The summed E-state index contributed by atoms with van der Waals surface area (Å²) >= 11 is 0. The summed E-state index contributed by atoms with van der Waals surface area (Å²) in [6.07, 6.45) is 1.64. The number of hydrogen-bond donors (Lipinski definition) is 2.